The number of hydrogen-bond donors (Lipinski definition) is 1. The van der Waals surface area contributed by atoms with Crippen molar-refractivity contribution in [1.29, 1.82) is 0 Å². The van der Waals surface area contributed by atoms with Crippen LogP contribution in [0.5, 0.6) is 0 Å². The topological polar surface area (TPSA) is 32.3 Å². The van der Waals surface area contributed by atoms with Gasteiger partial charge in [0.25, 0.3) is 0 Å². The SMILES string of the molecule is O=C(C1CNCc2ccccc21)N1CCc2ccccc21. The van der Waals surface area contributed by atoms with Gasteiger partial charge in [0.15, 0.2) is 0 Å². The van der Waals surface area contributed by atoms with E-state index in [0.29, 0.717) is 0 Å². The van der Waals surface area contributed by atoms with Crippen molar-refractivity contribution >= 4 is 11.6 Å². The predicted octanol–water partition coefficient (Wildman–Crippen LogP) is 2.46. The lowest BCUT2D eigenvalue weighted by Gasteiger charge is -2.29. The van der Waals surface area contributed by atoms with Gasteiger partial charge < -0.3 is 10.2 Å². The molecule has 0 fully saturated rings. The van der Waals surface area contributed by atoms with Gasteiger partial charge in [-0.1, -0.05) is 42.5 Å². The number of carbonyl (C=O) groups excluding carboxylic acids is 1. The van der Waals surface area contributed by atoms with Gasteiger partial charge in [-0.3, -0.25) is 4.79 Å². The molecule has 4 rings (SSSR count). The van der Waals surface area contributed by atoms with Gasteiger partial charge >= 0.3 is 0 Å². The predicted molar refractivity (Wildman–Crippen MR) is 83.4 cm³/mol. The number of nitrogens with zero attached hydrogens (tertiary/aromatic N) is 1. The standard InChI is InChI=1S/C18H18N2O/c21-18(20-10-9-13-5-2-4-8-17(13)20)16-12-19-11-14-6-1-3-7-15(14)16/h1-8,16,19H,9-12H2. The molecule has 1 atom stereocenters. The van der Waals surface area contributed by atoms with Crippen molar-refractivity contribution in [3.8, 4) is 0 Å². The molecule has 2 aliphatic heterocycles. The van der Waals surface area contributed by atoms with Crippen LogP contribution in [0.25, 0.3) is 0 Å². The van der Waals surface area contributed by atoms with E-state index in [2.05, 4.69) is 29.6 Å². The maximum Gasteiger partial charge on any atom is 0.235 e. The molecular weight excluding hydrogens is 260 g/mol. The first-order chi connectivity index (χ1) is 10.3. The molecule has 1 amide bonds. The van der Waals surface area contributed by atoms with Crippen LogP contribution in [0.3, 0.4) is 0 Å². The Bertz CT molecular complexity index is 695. The summed E-state index contributed by atoms with van der Waals surface area (Å²) in [6, 6.07) is 16.5. The first-order valence-corrected chi connectivity index (χ1v) is 7.52. The van der Waals surface area contributed by atoms with Gasteiger partial charge in [-0.2, -0.15) is 0 Å². The van der Waals surface area contributed by atoms with E-state index in [1.807, 2.05) is 29.2 Å². The van der Waals surface area contributed by atoms with E-state index in [1.54, 1.807) is 0 Å². The van der Waals surface area contributed by atoms with Crippen LogP contribution in [0.2, 0.25) is 0 Å². The Morgan fingerprint density at radius 3 is 2.71 bits per heavy atom. The fourth-order valence-electron chi connectivity index (χ4n) is 3.47. The third-order valence-electron chi connectivity index (χ3n) is 4.55. The molecular formula is C18H18N2O. The number of benzene rings is 2. The van der Waals surface area contributed by atoms with Gasteiger partial charge in [-0.15, -0.1) is 0 Å². The Morgan fingerprint density at radius 2 is 1.81 bits per heavy atom. The van der Waals surface area contributed by atoms with Crippen LogP contribution in [-0.4, -0.2) is 19.0 Å². The summed E-state index contributed by atoms with van der Waals surface area (Å²) in [6.07, 6.45) is 0.962. The van der Waals surface area contributed by atoms with Crippen LogP contribution in [-0.2, 0) is 17.8 Å². The molecule has 2 aromatic rings. The van der Waals surface area contributed by atoms with Gasteiger partial charge in [0.05, 0.1) is 5.92 Å². The third-order valence-corrected chi connectivity index (χ3v) is 4.55. The van der Waals surface area contributed by atoms with E-state index in [9.17, 15) is 4.79 Å². The summed E-state index contributed by atoms with van der Waals surface area (Å²) in [5, 5.41) is 3.37. The molecule has 3 nitrogen and oxygen atoms in total. The fraction of sp³-hybridized carbons (Fsp3) is 0.278. The van der Waals surface area contributed by atoms with Crippen molar-refractivity contribution in [2.24, 2.45) is 0 Å². The Morgan fingerprint density at radius 1 is 1.05 bits per heavy atom. The summed E-state index contributed by atoms with van der Waals surface area (Å²) >= 11 is 0. The number of hydrogen-bond acceptors (Lipinski definition) is 2. The number of anilines is 1. The smallest absolute Gasteiger partial charge is 0.235 e. The average Bonchev–Trinajstić information content (AvgIpc) is 2.98. The van der Waals surface area contributed by atoms with Gasteiger partial charge in [0.2, 0.25) is 5.91 Å². The van der Waals surface area contributed by atoms with E-state index in [0.717, 1.165) is 31.7 Å². The van der Waals surface area contributed by atoms with Crippen molar-refractivity contribution in [3.63, 3.8) is 0 Å². The van der Waals surface area contributed by atoms with Crippen LogP contribution in [0, 0.1) is 0 Å². The number of carbonyl (C=O) groups is 1. The van der Waals surface area contributed by atoms with E-state index in [-0.39, 0.29) is 11.8 Å². The molecule has 0 aliphatic carbocycles. The highest BCUT2D eigenvalue weighted by atomic mass is 16.2. The van der Waals surface area contributed by atoms with E-state index >= 15 is 0 Å². The number of para-hydroxylation sites is 1. The van der Waals surface area contributed by atoms with Gasteiger partial charge in [-0.25, -0.2) is 0 Å². The molecule has 0 aromatic heterocycles. The molecule has 0 saturated carbocycles. The molecule has 0 bridgehead atoms. The lowest BCUT2D eigenvalue weighted by molar-refractivity contribution is -0.120. The largest absolute Gasteiger partial charge is 0.312 e. The number of rotatable bonds is 1. The Balaban J connectivity index is 1.68. The number of nitrogens with one attached hydrogen (secondary N) is 1. The zero-order chi connectivity index (χ0) is 14.2. The monoisotopic (exact) mass is 278 g/mol. The average molecular weight is 278 g/mol. The van der Waals surface area contributed by atoms with Crippen LogP contribution >= 0.6 is 0 Å². The van der Waals surface area contributed by atoms with E-state index in [4.69, 9.17) is 0 Å². The highest BCUT2D eigenvalue weighted by Gasteiger charge is 2.33. The Kier molecular flexibility index (Phi) is 3.00. The second-order valence-electron chi connectivity index (χ2n) is 5.75. The summed E-state index contributed by atoms with van der Waals surface area (Å²) < 4.78 is 0. The maximum absolute atomic E-state index is 13.0. The Labute approximate surface area is 124 Å². The lowest BCUT2D eigenvalue weighted by Crippen LogP contribution is -2.41. The fourth-order valence-corrected chi connectivity index (χ4v) is 3.47. The van der Waals surface area contributed by atoms with Crippen LogP contribution in [0.4, 0.5) is 5.69 Å². The summed E-state index contributed by atoms with van der Waals surface area (Å²) in [6.45, 7) is 2.39. The maximum atomic E-state index is 13.0. The van der Waals surface area contributed by atoms with Gasteiger partial charge in [-0.05, 0) is 29.2 Å². The second kappa shape index (κ2) is 5.01. The number of fused-ring (bicyclic) bond motifs is 2. The summed E-state index contributed by atoms with van der Waals surface area (Å²) in [5.74, 6) is 0.153. The molecule has 2 heterocycles. The molecule has 106 valence electrons. The van der Waals surface area contributed by atoms with Crippen molar-refractivity contribution < 1.29 is 4.79 Å². The first kappa shape index (κ1) is 12.6. The molecule has 1 unspecified atom stereocenters. The molecule has 2 aliphatic rings. The summed E-state index contributed by atoms with van der Waals surface area (Å²) in [5.41, 5.74) is 4.80. The minimum atomic E-state index is -0.0684. The van der Waals surface area contributed by atoms with E-state index in [1.165, 1.54) is 16.7 Å². The molecule has 1 N–H and O–H groups in total. The van der Waals surface area contributed by atoms with Gasteiger partial charge in [0, 0.05) is 25.3 Å². The summed E-state index contributed by atoms with van der Waals surface area (Å²) in [7, 11) is 0. The van der Waals surface area contributed by atoms with E-state index < -0.39 is 0 Å². The molecule has 0 spiro atoms. The summed E-state index contributed by atoms with van der Waals surface area (Å²) in [4.78, 5) is 15.0. The quantitative estimate of drug-likeness (QED) is 0.869. The molecule has 2 aromatic carbocycles. The van der Waals surface area contributed by atoms with Crippen LogP contribution in [0.15, 0.2) is 48.5 Å². The van der Waals surface area contributed by atoms with Crippen molar-refractivity contribution in [1.82, 2.24) is 5.32 Å². The minimum absolute atomic E-state index is 0.0684. The lowest BCUT2D eigenvalue weighted by atomic mass is 9.90. The molecule has 0 saturated heterocycles. The normalized spacial score (nSPS) is 20.0. The van der Waals surface area contributed by atoms with Crippen molar-refractivity contribution in [2.75, 3.05) is 18.0 Å². The molecule has 3 heteroatoms. The number of amides is 1. The van der Waals surface area contributed by atoms with Crippen molar-refractivity contribution in [3.05, 3.63) is 65.2 Å². The highest BCUT2D eigenvalue weighted by molar-refractivity contribution is 6.00. The minimum Gasteiger partial charge on any atom is -0.312 e. The van der Waals surface area contributed by atoms with Crippen LogP contribution in [0.1, 0.15) is 22.6 Å². The highest BCUT2D eigenvalue weighted by Crippen LogP contribution is 2.32. The first-order valence-electron chi connectivity index (χ1n) is 7.52. The zero-order valence-electron chi connectivity index (χ0n) is 11.9. The molecule has 0 radical (unpaired) electrons. The van der Waals surface area contributed by atoms with Crippen molar-refractivity contribution in [2.45, 2.75) is 18.9 Å². The van der Waals surface area contributed by atoms with Crippen LogP contribution < -0.4 is 10.2 Å². The zero-order valence-corrected chi connectivity index (χ0v) is 11.9. The molecule has 21 heavy (non-hydrogen) atoms. The Hall–Kier alpha value is -2.13. The second-order valence-corrected chi connectivity index (χ2v) is 5.75. The van der Waals surface area contributed by atoms with Gasteiger partial charge in [0.1, 0.15) is 0 Å². The third kappa shape index (κ3) is 2.05.